The van der Waals surface area contributed by atoms with E-state index < -0.39 is 71.2 Å². The Morgan fingerprint density at radius 2 is 0.970 bits per heavy atom. The standard InChI is InChI=1S/C53H88O12S/c1-3-5-7-9-11-13-15-17-19-21-22-23-24-26-27-29-31-33-35-37-39-41-48(54)62-43-46(44-63-53-52(58)51(57)50(56)47(65-53)45-66(59,60)61)64-49(55)42-40-38-36-34-32-30-28-25-20-18-16-14-12-10-8-6-4-2/h6,8,12,14-15,17-18,20-22,28,30,34,36,46-47,50-53,56-58H,3-5,7,9-11,13,16,19,23-27,29,31-33,35,37-45H2,1-2H3,(H,59,60,61)/b8-6-,14-12-,17-15-,20-18-,22-21-,30-28-,36-34-. The van der Waals surface area contributed by atoms with Gasteiger partial charge in [0.05, 0.1) is 6.61 Å². The van der Waals surface area contributed by atoms with Gasteiger partial charge in [0.15, 0.2) is 12.4 Å². The first kappa shape index (κ1) is 60.8. The van der Waals surface area contributed by atoms with E-state index >= 15 is 0 Å². The quantitative estimate of drug-likeness (QED) is 0.0197. The molecule has 0 aromatic heterocycles. The van der Waals surface area contributed by atoms with Gasteiger partial charge in [-0.05, 0) is 83.5 Å². The van der Waals surface area contributed by atoms with Gasteiger partial charge in [-0.25, -0.2) is 0 Å². The number of allylic oxidation sites excluding steroid dienone is 14. The Balaban J connectivity index is 2.42. The van der Waals surface area contributed by atoms with Gasteiger partial charge < -0.3 is 34.3 Å². The Morgan fingerprint density at radius 3 is 1.47 bits per heavy atom. The number of carbonyl (C=O) groups is 2. The molecule has 378 valence electrons. The maximum absolute atomic E-state index is 12.8. The number of unbranched alkanes of at least 4 members (excludes halogenated alkanes) is 15. The molecule has 6 unspecified atom stereocenters. The van der Waals surface area contributed by atoms with Crippen molar-refractivity contribution in [2.45, 2.75) is 218 Å². The lowest BCUT2D eigenvalue weighted by Gasteiger charge is -2.40. The molecule has 13 heteroatoms. The van der Waals surface area contributed by atoms with Gasteiger partial charge >= 0.3 is 11.9 Å². The van der Waals surface area contributed by atoms with Crippen molar-refractivity contribution in [3.63, 3.8) is 0 Å². The number of esters is 2. The molecule has 1 fully saturated rings. The van der Waals surface area contributed by atoms with Gasteiger partial charge in [-0.1, -0.05) is 170 Å². The molecule has 0 aromatic carbocycles. The molecule has 1 saturated heterocycles. The molecule has 1 rings (SSSR count). The van der Waals surface area contributed by atoms with Crippen molar-refractivity contribution in [2.75, 3.05) is 19.0 Å². The summed E-state index contributed by atoms with van der Waals surface area (Å²) in [5.41, 5.74) is 0. The smallest absolute Gasteiger partial charge is 0.306 e. The van der Waals surface area contributed by atoms with Crippen molar-refractivity contribution in [2.24, 2.45) is 0 Å². The number of carbonyl (C=O) groups excluding carboxylic acids is 2. The minimum atomic E-state index is -4.62. The van der Waals surface area contributed by atoms with Gasteiger partial charge in [-0.3, -0.25) is 14.1 Å². The van der Waals surface area contributed by atoms with Crippen LogP contribution in [0.1, 0.15) is 181 Å². The molecule has 0 spiro atoms. The highest BCUT2D eigenvalue weighted by molar-refractivity contribution is 7.85. The zero-order chi connectivity index (χ0) is 48.4. The van der Waals surface area contributed by atoms with Crippen molar-refractivity contribution < 1.29 is 56.8 Å². The van der Waals surface area contributed by atoms with Crippen molar-refractivity contribution in [1.82, 2.24) is 0 Å². The monoisotopic (exact) mass is 949 g/mol. The lowest BCUT2D eigenvalue weighted by Crippen LogP contribution is -2.60. The summed E-state index contributed by atoms with van der Waals surface area (Å²) in [6, 6.07) is 0. The van der Waals surface area contributed by atoms with Crippen LogP contribution in [0, 0.1) is 0 Å². The first-order valence-corrected chi connectivity index (χ1v) is 26.8. The summed E-state index contributed by atoms with van der Waals surface area (Å²) >= 11 is 0. The third-order valence-electron chi connectivity index (χ3n) is 11.0. The molecule has 0 saturated carbocycles. The van der Waals surface area contributed by atoms with E-state index in [2.05, 4.69) is 86.8 Å². The first-order chi connectivity index (χ1) is 32.0. The second-order valence-electron chi connectivity index (χ2n) is 17.1. The molecule has 1 heterocycles. The molecule has 0 radical (unpaired) electrons. The van der Waals surface area contributed by atoms with E-state index in [0.29, 0.717) is 19.3 Å². The summed E-state index contributed by atoms with van der Waals surface area (Å²) in [5.74, 6) is -2.07. The van der Waals surface area contributed by atoms with Crippen molar-refractivity contribution in [3.8, 4) is 0 Å². The molecule has 0 amide bonds. The zero-order valence-electron chi connectivity index (χ0n) is 40.5. The molecule has 0 bridgehead atoms. The fourth-order valence-electron chi connectivity index (χ4n) is 7.09. The van der Waals surface area contributed by atoms with Crippen LogP contribution in [0.3, 0.4) is 0 Å². The fraction of sp³-hybridized carbons (Fsp3) is 0.698. The van der Waals surface area contributed by atoms with E-state index in [9.17, 15) is 37.9 Å². The van der Waals surface area contributed by atoms with Crippen molar-refractivity contribution in [3.05, 3.63) is 85.1 Å². The number of ether oxygens (including phenoxy) is 4. The van der Waals surface area contributed by atoms with Gasteiger partial charge in [0, 0.05) is 12.8 Å². The molecule has 4 N–H and O–H groups in total. The van der Waals surface area contributed by atoms with Crippen LogP contribution >= 0.6 is 0 Å². The minimum Gasteiger partial charge on any atom is -0.462 e. The second-order valence-corrected chi connectivity index (χ2v) is 18.6. The summed E-state index contributed by atoms with van der Waals surface area (Å²) in [6.07, 6.45) is 46.3. The maximum atomic E-state index is 12.8. The highest BCUT2D eigenvalue weighted by Gasteiger charge is 2.46. The lowest BCUT2D eigenvalue weighted by atomic mass is 10.00. The van der Waals surface area contributed by atoms with Crippen LogP contribution in [0.2, 0.25) is 0 Å². The fourth-order valence-corrected chi connectivity index (χ4v) is 7.79. The Morgan fingerprint density at radius 1 is 0.530 bits per heavy atom. The third kappa shape index (κ3) is 35.9. The number of aliphatic hydroxyl groups is 3. The summed E-state index contributed by atoms with van der Waals surface area (Å²) in [5, 5.41) is 31.0. The van der Waals surface area contributed by atoms with Crippen LogP contribution in [0.5, 0.6) is 0 Å². The molecule has 1 aliphatic rings. The molecule has 0 aromatic rings. The van der Waals surface area contributed by atoms with Crippen LogP contribution < -0.4 is 0 Å². The SMILES string of the molecule is CC/C=C\C/C=C\C/C=C\C/C=C\C/C=C\CCCC(=O)OC(COC(=O)CCCCCCCCCCC/C=C\C/C=C\CCCCCCC)COC1OC(CS(=O)(=O)O)C(O)C(O)C1O. The highest BCUT2D eigenvalue weighted by Crippen LogP contribution is 2.24. The Kier molecular flexibility index (Phi) is 38.7. The average Bonchev–Trinajstić information content (AvgIpc) is 3.28. The summed E-state index contributed by atoms with van der Waals surface area (Å²) in [4.78, 5) is 25.5. The molecular weight excluding hydrogens is 861 g/mol. The molecule has 1 aliphatic heterocycles. The van der Waals surface area contributed by atoms with Gasteiger partial charge in [-0.2, -0.15) is 8.42 Å². The van der Waals surface area contributed by atoms with E-state index in [0.717, 1.165) is 64.2 Å². The maximum Gasteiger partial charge on any atom is 0.306 e. The van der Waals surface area contributed by atoms with E-state index in [1.165, 1.54) is 70.6 Å². The van der Waals surface area contributed by atoms with E-state index in [-0.39, 0.29) is 19.4 Å². The second kappa shape index (κ2) is 42.0. The molecule has 66 heavy (non-hydrogen) atoms. The van der Waals surface area contributed by atoms with Crippen LogP contribution in [0.4, 0.5) is 0 Å². The van der Waals surface area contributed by atoms with Crippen molar-refractivity contribution >= 4 is 22.1 Å². The number of rotatable bonds is 41. The number of hydrogen-bond acceptors (Lipinski definition) is 11. The summed E-state index contributed by atoms with van der Waals surface area (Å²) in [6.45, 7) is 3.59. The lowest BCUT2D eigenvalue weighted by molar-refractivity contribution is -0.297. The van der Waals surface area contributed by atoms with Gasteiger partial charge in [0.25, 0.3) is 10.1 Å². The summed E-state index contributed by atoms with van der Waals surface area (Å²) < 4.78 is 54.1. The predicted molar refractivity (Wildman–Crippen MR) is 265 cm³/mol. The van der Waals surface area contributed by atoms with Crippen molar-refractivity contribution in [1.29, 1.82) is 0 Å². The minimum absolute atomic E-state index is 0.0808. The van der Waals surface area contributed by atoms with E-state index in [1.807, 2.05) is 12.2 Å². The molecular formula is C53H88O12S. The normalized spacial score (nSPS) is 20.1. The van der Waals surface area contributed by atoms with Gasteiger partial charge in [0.1, 0.15) is 36.8 Å². The Hall–Kier alpha value is -3.17. The van der Waals surface area contributed by atoms with E-state index in [4.69, 9.17) is 18.9 Å². The summed E-state index contributed by atoms with van der Waals surface area (Å²) in [7, 11) is -4.62. The van der Waals surface area contributed by atoms with E-state index in [1.54, 1.807) is 0 Å². The predicted octanol–water partition coefficient (Wildman–Crippen LogP) is 11.2. The zero-order valence-corrected chi connectivity index (χ0v) is 41.3. The first-order valence-electron chi connectivity index (χ1n) is 25.1. The molecule has 0 aliphatic carbocycles. The van der Waals surface area contributed by atoms with Crippen LogP contribution in [-0.2, 0) is 38.7 Å². The van der Waals surface area contributed by atoms with Crippen LogP contribution in [0.25, 0.3) is 0 Å². The topological polar surface area (TPSA) is 186 Å². The van der Waals surface area contributed by atoms with Crippen LogP contribution in [0.15, 0.2) is 85.1 Å². The largest absolute Gasteiger partial charge is 0.462 e. The number of hydrogen-bond donors (Lipinski definition) is 4. The Labute approximate surface area is 399 Å². The Bertz CT molecular complexity index is 1530. The van der Waals surface area contributed by atoms with Crippen LogP contribution in [-0.4, -0.2) is 96.0 Å². The highest BCUT2D eigenvalue weighted by atomic mass is 32.2. The molecule has 12 nitrogen and oxygen atoms in total. The average molecular weight is 949 g/mol. The van der Waals surface area contributed by atoms with Gasteiger partial charge in [-0.15, -0.1) is 0 Å². The molecule has 6 atom stereocenters. The third-order valence-corrected chi connectivity index (χ3v) is 11.7. The number of aliphatic hydroxyl groups excluding tert-OH is 3. The van der Waals surface area contributed by atoms with Gasteiger partial charge in [0.2, 0.25) is 0 Å².